The van der Waals surface area contributed by atoms with Gasteiger partial charge in [-0.1, -0.05) is 0 Å². The van der Waals surface area contributed by atoms with Crippen molar-refractivity contribution in [3.05, 3.63) is 74.8 Å². The van der Waals surface area contributed by atoms with Gasteiger partial charge in [-0.05, 0) is 0 Å². The molecule has 0 spiro atoms. The first kappa shape index (κ1) is 18.0. The minimum Gasteiger partial charge on any atom is -1.00 e. The fourth-order valence-electron chi connectivity index (χ4n) is 2.83. The van der Waals surface area contributed by atoms with Gasteiger partial charge in [-0.25, -0.2) is 0 Å². The standard InChI is InChI=1S/C12H9NP.C5H5.2ClH.Zr/c1-2-4-11-8-12(7-10(11)3-1)13-5-6-14-9-13;1-2-4-5-3-1;;;/h1-9H;1-3H,4H2;2*1H;/q;;;;+2/p-2. The number of benzene rings is 1. The molecule has 0 bridgehead atoms. The Morgan fingerprint density at radius 3 is 2.77 bits per heavy atom. The van der Waals surface area contributed by atoms with Crippen LogP contribution in [0.25, 0.3) is 11.8 Å². The second-order valence-electron chi connectivity index (χ2n) is 5.07. The molecule has 1 aromatic carbocycles. The number of rotatable bonds is 3. The Balaban J connectivity index is 0.000000882. The van der Waals surface area contributed by atoms with Gasteiger partial charge < -0.3 is 24.8 Å². The average molecular weight is 425 g/mol. The molecular formula is C17H14Cl2NPZr. The van der Waals surface area contributed by atoms with E-state index in [2.05, 4.69) is 71.1 Å². The van der Waals surface area contributed by atoms with Crippen molar-refractivity contribution in [3.8, 4) is 0 Å². The number of hydrogen-bond acceptors (Lipinski definition) is 0. The van der Waals surface area contributed by atoms with Crippen LogP contribution in [0, 0.1) is 0 Å². The molecule has 0 fully saturated rings. The number of hydrogen-bond donors (Lipinski definition) is 0. The summed E-state index contributed by atoms with van der Waals surface area (Å²) < 4.78 is 4.72. The summed E-state index contributed by atoms with van der Waals surface area (Å²) in [6, 6.07) is 8.92. The Morgan fingerprint density at radius 1 is 1.18 bits per heavy atom. The van der Waals surface area contributed by atoms with Crippen LogP contribution >= 0.6 is 8.19 Å². The van der Waals surface area contributed by atoms with Gasteiger partial charge in [-0.2, -0.15) is 0 Å². The molecule has 0 saturated carbocycles. The monoisotopic (exact) mass is 423 g/mol. The molecule has 4 rings (SSSR count). The van der Waals surface area contributed by atoms with E-state index in [0.717, 1.165) is 0 Å². The zero-order valence-electron chi connectivity index (χ0n) is 11.8. The van der Waals surface area contributed by atoms with Gasteiger partial charge in [0.05, 0.1) is 0 Å². The maximum atomic E-state index is 2.39. The molecular weight excluding hydrogens is 411 g/mol. The molecule has 1 atom stereocenters. The van der Waals surface area contributed by atoms with E-state index in [4.69, 9.17) is 0 Å². The van der Waals surface area contributed by atoms with Crippen molar-refractivity contribution in [1.29, 1.82) is 0 Å². The number of allylic oxidation sites excluding steroid dienone is 5. The third-order valence-electron chi connectivity index (χ3n) is 3.81. The maximum absolute atomic E-state index is 2.39. The number of fused-ring (bicyclic) bond motifs is 1. The normalized spacial score (nSPS) is 18.1. The van der Waals surface area contributed by atoms with Crippen LogP contribution in [-0.4, -0.2) is 4.57 Å². The summed E-state index contributed by atoms with van der Waals surface area (Å²) in [4.78, 5) is 0. The fourth-order valence-corrected chi connectivity index (χ4v) is 7.41. The summed E-state index contributed by atoms with van der Waals surface area (Å²) in [6.07, 6.45) is 12.7. The van der Waals surface area contributed by atoms with Crippen LogP contribution in [0.15, 0.2) is 63.7 Å². The van der Waals surface area contributed by atoms with Gasteiger partial charge in [0.15, 0.2) is 0 Å². The van der Waals surface area contributed by atoms with Crippen molar-refractivity contribution in [2.75, 3.05) is 0 Å². The third kappa shape index (κ3) is 3.41. The summed E-state index contributed by atoms with van der Waals surface area (Å²) >= 11 is -0.613. The topological polar surface area (TPSA) is 4.93 Å². The second kappa shape index (κ2) is 7.93. The predicted octanol–water partition coefficient (Wildman–Crippen LogP) is -0.945. The third-order valence-corrected chi connectivity index (χ3v) is 8.52. The minimum absolute atomic E-state index is 0. The van der Waals surface area contributed by atoms with E-state index in [1.165, 1.54) is 25.9 Å². The summed E-state index contributed by atoms with van der Waals surface area (Å²) in [7, 11) is 1.30. The first-order valence-electron chi connectivity index (χ1n) is 6.83. The summed E-state index contributed by atoms with van der Waals surface area (Å²) in [6.45, 7) is 0. The largest absolute Gasteiger partial charge is 1.00 e. The quantitative estimate of drug-likeness (QED) is 0.598. The molecule has 110 valence electrons. The van der Waals surface area contributed by atoms with Gasteiger partial charge in [0, 0.05) is 0 Å². The zero-order chi connectivity index (χ0) is 13.4. The van der Waals surface area contributed by atoms with Crippen LogP contribution in [-0.2, 0) is 23.2 Å². The van der Waals surface area contributed by atoms with Crippen molar-refractivity contribution in [1.82, 2.24) is 4.57 Å². The Bertz CT molecular complexity index is 735. The molecule has 1 aromatic heterocycles. The van der Waals surface area contributed by atoms with Gasteiger partial charge in [-0.3, -0.25) is 0 Å². The van der Waals surface area contributed by atoms with Crippen LogP contribution in [0.3, 0.4) is 0 Å². The van der Waals surface area contributed by atoms with Crippen molar-refractivity contribution in [3.63, 3.8) is 0 Å². The second-order valence-corrected chi connectivity index (χ2v) is 9.60. The van der Waals surface area contributed by atoms with Gasteiger partial charge >= 0.3 is 133 Å². The molecule has 1 heterocycles. The van der Waals surface area contributed by atoms with E-state index in [0.29, 0.717) is 3.63 Å². The van der Waals surface area contributed by atoms with Crippen molar-refractivity contribution in [2.45, 2.75) is 10.0 Å². The van der Waals surface area contributed by atoms with E-state index in [9.17, 15) is 0 Å². The van der Waals surface area contributed by atoms with Crippen LogP contribution in [0.5, 0.6) is 0 Å². The molecule has 2 aliphatic rings. The Morgan fingerprint density at radius 2 is 2.05 bits per heavy atom. The summed E-state index contributed by atoms with van der Waals surface area (Å²) in [5.41, 5.74) is 4.46. The summed E-state index contributed by atoms with van der Waals surface area (Å²) in [5.74, 6) is 4.48. The molecule has 1 nitrogen and oxygen atoms in total. The van der Waals surface area contributed by atoms with Gasteiger partial charge in [0.25, 0.3) is 0 Å². The molecule has 5 heteroatoms. The number of nitrogens with zero attached hydrogens (tertiary/aromatic N) is 1. The first-order valence-corrected chi connectivity index (χ1v) is 10.5. The van der Waals surface area contributed by atoms with Gasteiger partial charge in [-0.15, -0.1) is 0 Å². The molecule has 0 amide bonds. The SMILES string of the molecule is C1=CC[C]([Zr+2][CH]2C(n3ccpc3)=Cc3ccccc32)=C1.[Cl-].[Cl-]. The van der Waals surface area contributed by atoms with E-state index < -0.39 is 23.2 Å². The molecule has 2 aliphatic carbocycles. The average Bonchev–Trinajstić information content (AvgIpc) is 3.19. The van der Waals surface area contributed by atoms with Crippen LogP contribution in [0.4, 0.5) is 0 Å². The minimum atomic E-state index is -0.613. The van der Waals surface area contributed by atoms with Gasteiger partial charge in [0.1, 0.15) is 0 Å². The first-order chi connectivity index (χ1) is 9.92. The molecule has 0 aliphatic heterocycles. The molecule has 22 heavy (non-hydrogen) atoms. The molecule has 0 radical (unpaired) electrons. The molecule has 0 saturated heterocycles. The van der Waals surface area contributed by atoms with E-state index in [1.807, 2.05) is 0 Å². The number of aromatic nitrogens is 1. The van der Waals surface area contributed by atoms with E-state index in [1.54, 1.807) is 8.84 Å². The van der Waals surface area contributed by atoms with Crippen molar-refractivity contribution < 1.29 is 48.0 Å². The zero-order valence-corrected chi connectivity index (χ0v) is 16.6. The number of halogens is 2. The van der Waals surface area contributed by atoms with Crippen LogP contribution < -0.4 is 24.8 Å². The molecule has 0 N–H and O–H groups in total. The summed E-state index contributed by atoms with van der Waals surface area (Å²) in [5, 5.41) is 0. The Labute approximate surface area is 156 Å². The van der Waals surface area contributed by atoms with Crippen LogP contribution in [0.2, 0.25) is 0 Å². The maximum Gasteiger partial charge on any atom is -1.00 e. The molecule has 2 aromatic rings. The predicted molar refractivity (Wildman–Crippen MR) is 82.1 cm³/mol. The van der Waals surface area contributed by atoms with E-state index >= 15 is 0 Å². The smallest absolute Gasteiger partial charge is 1.00 e. The Kier molecular flexibility index (Phi) is 6.48. The molecule has 1 unspecified atom stereocenters. The van der Waals surface area contributed by atoms with Crippen molar-refractivity contribution in [2.24, 2.45) is 0 Å². The van der Waals surface area contributed by atoms with E-state index in [-0.39, 0.29) is 24.8 Å². The Hall–Kier alpha value is -0.387. The van der Waals surface area contributed by atoms with Gasteiger partial charge in [0.2, 0.25) is 0 Å². The van der Waals surface area contributed by atoms with Crippen LogP contribution in [0.1, 0.15) is 21.2 Å². The fraction of sp³-hybridized carbons (Fsp3) is 0.118. The van der Waals surface area contributed by atoms with Crippen molar-refractivity contribution >= 4 is 20.0 Å².